The molecule has 20 heavy (non-hydrogen) atoms. The van der Waals surface area contributed by atoms with Gasteiger partial charge in [-0.15, -0.1) is 11.3 Å². The van der Waals surface area contributed by atoms with Crippen molar-refractivity contribution in [1.29, 1.82) is 0 Å². The van der Waals surface area contributed by atoms with Crippen molar-refractivity contribution in [2.75, 3.05) is 7.05 Å². The molecule has 0 bridgehead atoms. The van der Waals surface area contributed by atoms with Crippen LogP contribution in [0, 0.1) is 13.8 Å². The number of nitrogens with zero attached hydrogens (tertiary/aromatic N) is 2. The van der Waals surface area contributed by atoms with Crippen LogP contribution in [0.1, 0.15) is 28.2 Å². The molecule has 0 aromatic carbocycles. The van der Waals surface area contributed by atoms with Crippen molar-refractivity contribution in [3.05, 3.63) is 37.7 Å². The number of aryl methyl sites for hydroxylation is 2. The summed E-state index contributed by atoms with van der Waals surface area (Å²) < 4.78 is 3.17. The molecule has 0 aliphatic rings. The molecule has 0 saturated carbocycles. The van der Waals surface area contributed by atoms with Gasteiger partial charge in [0, 0.05) is 33.5 Å². The molecule has 1 atom stereocenters. The molecule has 0 aliphatic carbocycles. The Bertz CT molecular complexity index is 574. The molecule has 1 unspecified atom stereocenters. The summed E-state index contributed by atoms with van der Waals surface area (Å²) in [5.74, 6) is 0. The van der Waals surface area contributed by atoms with Gasteiger partial charge in [-0.3, -0.25) is 4.68 Å². The lowest BCUT2D eigenvalue weighted by Crippen LogP contribution is -2.27. The predicted molar refractivity (Wildman–Crippen MR) is 89.6 cm³/mol. The largest absolute Gasteiger partial charge is 0.317 e. The van der Waals surface area contributed by atoms with Crippen LogP contribution in [0.25, 0.3) is 0 Å². The molecule has 0 fully saturated rings. The second-order valence-electron chi connectivity index (χ2n) is 5.23. The molecule has 0 amide bonds. The van der Waals surface area contributed by atoms with E-state index in [4.69, 9.17) is 0 Å². The molecule has 3 nitrogen and oxygen atoms in total. The fourth-order valence-corrected chi connectivity index (χ4v) is 4.08. The van der Waals surface area contributed by atoms with Crippen LogP contribution in [0.2, 0.25) is 0 Å². The van der Waals surface area contributed by atoms with Crippen LogP contribution in [0.5, 0.6) is 0 Å². The number of aromatic nitrogens is 2. The SMILES string of the molecule is CNC(CCc1c(C)nn(C)c1C)Cc1cc(Br)cs1. The lowest BCUT2D eigenvalue weighted by Gasteiger charge is -2.15. The molecule has 1 N–H and O–H groups in total. The van der Waals surface area contributed by atoms with E-state index in [1.165, 1.54) is 26.3 Å². The Morgan fingerprint density at radius 2 is 2.20 bits per heavy atom. The van der Waals surface area contributed by atoms with Crippen LogP contribution in [-0.4, -0.2) is 22.9 Å². The predicted octanol–water partition coefficient (Wildman–Crippen LogP) is 3.62. The minimum atomic E-state index is 0.513. The molecule has 0 saturated heterocycles. The molecule has 0 aliphatic heterocycles. The van der Waals surface area contributed by atoms with Gasteiger partial charge in [-0.05, 0) is 67.7 Å². The topological polar surface area (TPSA) is 29.9 Å². The van der Waals surface area contributed by atoms with Crippen LogP contribution >= 0.6 is 27.3 Å². The summed E-state index contributed by atoms with van der Waals surface area (Å²) in [6.07, 6.45) is 3.31. The van der Waals surface area contributed by atoms with Crippen LogP contribution in [0.15, 0.2) is 15.9 Å². The summed E-state index contributed by atoms with van der Waals surface area (Å²) in [4.78, 5) is 1.43. The van der Waals surface area contributed by atoms with Crippen molar-refractivity contribution in [2.45, 2.75) is 39.2 Å². The summed E-state index contributed by atoms with van der Waals surface area (Å²) in [7, 11) is 4.07. The quantitative estimate of drug-likeness (QED) is 0.857. The van der Waals surface area contributed by atoms with Gasteiger partial charge in [0.1, 0.15) is 0 Å². The fraction of sp³-hybridized carbons (Fsp3) is 0.533. The summed E-state index contributed by atoms with van der Waals surface area (Å²) in [5.41, 5.74) is 3.86. The molecular weight excluding hydrogens is 334 g/mol. The van der Waals surface area contributed by atoms with Crippen molar-refractivity contribution in [1.82, 2.24) is 15.1 Å². The van der Waals surface area contributed by atoms with Gasteiger partial charge >= 0.3 is 0 Å². The first-order valence-electron chi connectivity index (χ1n) is 6.90. The molecule has 2 aromatic rings. The molecule has 5 heteroatoms. The standard InChI is InChI=1S/C15H22BrN3S/c1-10-15(11(2)19(4)18-10)6-5-13(17-3)8-14-7-12(16)9-20-14/h7,9,13,17H,5-6,8H2,1-4H3. The maximum Gasteiger partial charge on any atom is 0.0628 e. The molecule has 2 heterocycles. The van der Waals surface area contributed by atoms with Gasteiger partial charge in [0.15, 0.2) is 0 Å². The monoisotopic (exact) mass is 355 g/mol. The Hall–Kier alpha value is -0.650. The number of hydrogen-bond acceptors (Lipinski definition) is 3. The normalized spacial score (nSPS) is 12.8. The average Bonchev–Trinajstić information content (AvgIpc) is 2.91. The maximum atomic E-state index is 4.49. The van der Waals surface area contributed by atoms with E-state index < -0.39 is 0 Å². The zero-order valence-corrected chi connectivity index (χ0v) is 14.9. The van der Waals surface area contributed by atoms with Crippen molar-refractivity contribution in [3.63, 3.8) is 0 Å². The number of hydrogen-bond donors (Lipinski definition) is 1. The van der Waals surface area contributed by atoms with E-state index in [9.17, 15) is 0 Å². The molecule has 0 radical (unpaired) electrons. The van der Waals surface area contributed by atoms with Crippen LogP contribution in [0.3, 0.4) is 0 Å². The summed E-state index contributed by atoms with van der Waals surface area (Å²) >= 11 is 5.34. The number of halogens is 1. The summed E-state index contributed by atoms with van der Waals surface area (Å²) in [5, 5.41) is 10.1. The lowest BCUT2D eigenvalue weighted by atomic mass is 10.0. The minimum absolute atomic E-state index is 0.513. The van der Waals surface area contributed by atoms with Gasteiger partial charge in [-0.1, -0.05) is 0 Å². The third kappa shape index (κ3) is 3.71. The van der Waals surface area contributed by atoms with Gasteiger partial charge in [0.05, 0.1) is 5.69 Å². The van der Waals surface area contributed by atoms with Gasteiger partial charge in [-0.2, -0.15) is 5.10 Å². The van der Waals surface area contributed by atoms with Crippen molar-refractivity contribution < 1.29 is 0 Å². The smallest absolute Gasteiger partial charge is 0.0628 e. The van der Waals surface area contributed by atoms with E-state index in [2.05, 4.69) is 58.7 Å². The summed E-state index contributed by atoms with van der Waals surface area (Å²) in [6.45, 7) is 4.26. The number of thiophene rings is 1. The van der Waals surface area contributed by atoms with Gasteiger partial charge < -0.3 is 5.32 Å². The Morgan fingerprint density at radius 1 is 1.45 bits per heavy atom. The van der Waals surface area contributed by atoms with Gasteiger partial charge in [-0.25, -0.2) is 0 Å². The Labute approximate surface area is 133 Å². The molecule has 110 valence electrons. The Kier molecular flexibility index (Phi) is 5.41. The van der Waals surface area contributed by atoms with E-state index in [0.717, 1.165) is 19.3 Å². The second-order valence-corrected chi connectivity index (χ2v) is 7.14. The van der Waals surface area contributed by atoms with Crippen LogP contribution in [-0.2, 0) is 19.9 Å². The molecular formula is C15H22BrN3S. The van der Waals surface area contributed by atoms with Crippen LogP contribution in [0.4, 0.5) is 0 Å². The summed E-state index contributed by atoms with van der Waals surface area (Å²) in [6, 6.07) is 2.73. The third-order valence-corrected chi connectivity index (χ3v) is 5.60. The highest BCUT2D eigenvalue weighted by molar-refractivity contribution is 9.10. The third-order valence-electron chi connectivity index (χ3n) is 3.88. The number of likely N-dealkylation sites (N-methyl/N-ethyl adjacent to an activating group) is 1. The molecule has 2 rings (SSSR count). The number of nitrogens with one attached hydrogen (secondary N) is 1. The van der Waals surface area contributed by atoms with Crippen molar-refractivity contribution in [2.24, 2.45) is 7.05 Å². The Morgan fingerprint density at radius 3 is 2.70 bits per heavy atom. The average molecular weight is 356 g/mol. The van der Waals surface area contributed by atoms with Crippen molar-refractivity contribution >= 4 is 27.3 Å². The second kappa shape index (κ2) is 6.87. The minimum Gasteiger partial charge on any atom is -0.317 e. The van der Waals surface area contributed by atoms with E-state index in [1.54, 1.807) is 0 Å². The molecule has 2 aromatic heterocycles. The highest BCUT2D eigenvalue weighted by Gasteiger charge is 2.13. The fourth-order valence-electron chi connectivity index (χ4n) is 2.55. The highest BCUT2D eigenvalue weighted by Crippen LogP contribution is 2.22. The van der Waals surface area contributed by atoms with E-state index >= 15 is 0 Å². The number of rotatable bonds is 6. The van der Waals surface area contributed by atoms with Gasteiger partial charge in [0.2, 0.25) is 0 Å². The van der Waals surface area contributed by atoms with Gasteiger partial charge in [0.25, 0.3) is 0 Å². The maximum absolute atomic E-state index is 4.49. The highest BCUT2D eigenvalue weighted by atomic mass is 79.9. The van der Waals surface area contributed by atoms with Crippen LogP contribution < -0.4 is 5.32 Å². The first-order chi connectivity index (χ1) is 9.51. The zero-order valence-electron chi connectivity index (χ0n) is 12.5. The Balaban J connectivity index is 1.97. The van der Waals surface area contributed by atoms with Crippen molar-refractivity contribution in [3.8, 4) is 0 Å². The van der Waals surface area contributed by atoms with E-state index in [0.29, 0.717) is 6.04 Å². The lowest BCUT2D eigenvalue weighted by molar-refractivity contribution is 0.522. The van der Waals surface area contributed by atoms with E-state index in [-0.39, 0.29) is 0 Å². The first-order valence-corrected chi connectivity index (χ1v) is 8.57. The molecule has 0 spiro atoms. The zero-order chi connectivity index (χ0) is 14.7. The van der Waals surface area contributed by atoms with E-state index in [1.807, 2.05) is 23.1 Å². The first kappa shape index (κ1) is 15.7.